The maximum absolute atomic E-state index is 13.9. The van der Waals surface area contributed by atoms with Crippen LogP contribution in [0.15, 0.2) is 60.2 Å². The van der Waals surface area contributed by atoms with E-state index in [1.807, 2.05) is 49.4 Å². The van der Waals surface area contributed by atoms with Crippen molar-refractivity contribution in [2.75, 3.05) is 0 Å². The van der Waals surface area contributed by atoms with Crippen LogP contribution in [0, 0.1) is 23.7 Å². The minimum atomic E-state index is -0.794. The van der Waals surface area contributed by atoms with Crippen LogP contribution in [-0.4, -0.2) is 40.5 Å². The number of hydrogen-bond donors (Lipinski definition) is 1. The fraction of sp³-hybridized carbons (Fsp3) is 0.516. The fourth-order valence-corrected chi connectivity index (χ4v) is 7.55. The van der Waals surface area contributed by atoms with Crippen LogP contribution >= 0.6 is 11.6 Å². The highest BCUT2D eigenvalue weighted by atomic mass is 35.5. The molecule has 3 fully saturated rings. The molecule has 1 aromatic carbocycles. The number of amides is 1. The number of Topliss-reactive ketones (excluding diaryl/α,β-unsaturated/α-hetero) is 2. The summed E-state index contributed by atoms with van der Waals surface area (Å²) < 4.78 is 0. The number of likely N-dealkylation sites (tertiary alicyclic amines) is 1. The van der Waals surface area contributed by atoms with Gasteiger partial charge in [0, 0.05) is 34.9 Å². The van der Waals surface area contributed by atoms with Gasteiger partial charge in [0.1, 0.15) is 6.04 Å². The first-order chi connectivity index (χ1) is 17.9. The van der Waals surface area contributed by atoms with Crippen molar-refractivity contribution in [3.05, 3.63) is 70.8 Å². The summed E-state index contributed by atoms with van der Waals surface area (Å²) in [6, 6.07) is 7.13. The number of carbonyl (C=O) groups is 3. The third-order valence-electron chi connectivity index (χ3n) is 9.30. The highest BCUT2D eigenvalue weighted by molar-refractivity contribution is 6.30. The smallest absolute Gasteiger partial charge is 0.229 e. The molecule has 7 atom stereocenters. The van der Waals surface area contributed by atoms with Crippen LogP contribution in [0.5, 0.6) is 0 Å². The molecule has 0 spiro atoms. The molecule has 2 saturated carbocycles. The normalized spacial score (nSPS) is 35.9. The molecule has 194 valence electrons. The average molecular weight is 519 g/mol. The first-order valence-electron chi connectivity index (χ1n) is 13.9. The van der Waals surface area contributed by atoms with Gasteiger partial charge < -0.3 is 4.90 Å². The Bertz CT molecular complexity index is 1180. The lowest BCUT2D eigenvalue weighted by Gasteiger charge is -2.55. The van der Waals surface area contributed by atoms with Gasteiger partial charge in [0.2, 0.25) is 5.91 Å². The second kappa shape index (κ2) is 9.99. The molecule has 1 saturated heterocycles. The van der Waals surface area contributed by atoms with E-state index < -0.39 is 12.0 Å². The van der Waals surface area contributed by atoms with Crippen molar-refractivity contribution in [3.8, 4) is 0 Å². The van der Waals surface area contributed by atoms with Crippen molar-refractivity contribution in [1.29, 1.82) is 0 Å². The largest absolute Gasteiger partial charge is 0.332 e. The molecule has 0 aromatic heterocycles. The Hall–Kier alpha value is -2.50. The van der Waals surface area contributed by atoms with E-state index in [4.69, 9.17) is 11.6 Å². The second-order valence-corrected chi connectivity index (χ2v) is 11.9. The molecule has 1 aromatic rings. The van der Waals surface area contributed by atoms with Crippen LogP contribution in [0.4, 0.5) is 0 Å². The van der Waals surface area contributed by atoms with Crippen molar-refractivity contribution in [2.24, 2.45) is 23.7 Å². The molecular formula is C31H35ClN2O3. The number of nitrogens with zero attached hydrogens (tertiary/aromatic N) is 1. The first-order valence-corrected chi connectivity index (χ1v) is 14.2. The SMILES string of the molecule is CC1=CCC(NC2C(=O)[C@@H]3[C@H]([C@H]4C(=O)N(C5CCCCC5)[C@H]4c4ccc(Cl)cc4)C=CC[C@@H]3C2=O)C=C1. The summed E-state index contributed by atoms with van der Waals surface area (Å²) >= 11 is 6.20. The van der Waals surface area contributed by atoms with Gasteiger partial charge in [-0.25, -0.2) is 0 Å². The number of fused-ring (bicyclic) bond motifs is 1. The standard InChI is InChI=1S/C31H35ClN2O3/c1-18-10-16-21(17-11-18)33-27-29(35)24-9-5-8-23(25(24)30(27)36)26-28(19-12-14-20(32)15-13-19)34(31(26)37)22-6-3-2-4-7-22/h5,8,10-16,21-28,33H,2-4,6-7,9,17H2,1H3/t21?,23-,24+,25-,26-,27?,28+/m1/s1. The molecule has 37 heavy (non-hydrogen) atoms. The van der Waals surface area contributed by atoms with Gasteiger partial charge in [-0.2, -0.15) is 0 Å². The van der Waals surface area contributed by atoms with E-state index in [9.17, 15) is 14.4 Å². The average Bonchev–Trinajstić information content (AvgIpc) is 3.15. The van der Waals surface area contributed by atoms with Crippen molar-refractivity contribution in [1.82, 2.24) is 10.2 Å². The van der Waals surface area contributed by atoms with Crippen molar-refractivity contribution >= 4 is 29.1 Å². The molecule has 6 rings (SSSR count). The Morgan fingerprint density at radius 2 is 1.68 bits per heavy atom. The zero-order valence-corrected chi connectivity index (χ0v) is 22.1. The molecule has 0 radical (unpaired) electrons. The third-order valence-corrected chi connectivity index (χ3v) is 9.55. The van der Waals surface area contributed by atoms with Crippen LogP contribution in [0.1, 0.15) is 63.5 Å². The molecule has 1 N–H and O–H groups in total. The molecule has 5 nitrogen and oxygen atoms in total. The summed E-state index contributed by atoms with van der Waals surface area (Å²) in [7, 11) is 0. The number of halogens is 1. The number of rotatable bonds is 5. The van der Waals surface area contributed by atoms with Crippen LogP contribution in [0.2, 0.25) is 5.02 Å². The number of ketones is 2. The van der Waals surface area contributed by atoms with E-state index in [2.05, 4.69) is 22.4 Å². The lowest BCUT2D eigenvalue weighted by Crippen LogP contribution is -2.62. The Labute approximate surface area is 224 Å². The van der Waals surface area contributed by atoms with Crippen molar-refractivity contribution in [3.63, 3.8) is 0 Å². The summed E-state index contributed by atoms with van der Waals surface area (Å²) in [6.45, 7) is 2.05. The number of carbonyl (C=O) groups excluding carboxylic acids is 3. The van der Waals surface area contributed by atoms with Gasteiger partial charge in [-0.1, -0.05) is 78.9 Å². The van der Waals surface area contributed by atoms with Crippen molar-refractivity contribution in [2.45, 2.75) is 76.0 Å². The predicted octanol–water partition coefficient (Wildman–Crippen LogP) is 5.37. The van der Waals surface area contributed by atoms with Gasteiger partial charge in [-0.3, -0.25) is 19.7 Å². The summed E-state index contributed by atoms with van der Waals surface area (Å²) in [5.74, 6) is -1.31. The Morgan fingerprint density at radius 3 is 2.38 bits per heavy atom. The maximum atomic E-state index is 13.9. The van der Waals surface area contributed by atoms with E-state index in [-0.39, 0.29) is 53.4 Å². The minimum absolute atomic E-state index is 0.0111. The van der Waals surface area contributed by atoms with Gasteiger partial charge >= 0.3 is 0 Å². The summed E-state index contributed by atoms with van der Waals surface area (Å²) in [4.78, 5) is 43.2. The molecule has 6 heteroatoms. The number of benzene rings is 1. The van der Waals surface area contributed by atoms with Crippen molar-refractivity contribution < 1.29 is 14.4 Å². The maximum Gasteiger partial charge on any atom is 0.229 e. The molecule has 2 unspecified atom stereocenters. The highest BCUT2D eigenvalue weighted by Gasteiger charge is 2.61. The predicted molar refractivity (Wildman–Crippen MR) is 144 cm³/mol. The molecular weight excluding hydrogens is 484 g/mol. The van der Waals surface area contributed by atoms with E-state index in [1.165, 1.54) is 12.0 Å². The van der Waals surface area contributed by atoms with Gasteiger partial charge in [0.05, 0.1) is 12.0 Å². The first kappa shape index (κ1) is 24.8. The van der Waals surface area contributed by atoms with Crippen LogP contribution in [0.3, 0.4) is 0 Å². The van der Waals surface area contributed by atoms with Crippen LogP contribution < -0.4 is 5.32 Å². The Balaban J connectivity index is 1.28. The van der Waals surface area contributed by atoms with E-state index in [0.717, 1.165) is 37.7 Å². The summed E-state index contributed by atoms with van der Waals surface area (Å²) in [5, 5.41) is 4.01. The van der Waals surface area contributed by atoms with Crippen LogP contribution in [0.25, 0.3) is 0 Å². The van der Waals surface area contributed by atoms with E-state index in [0.29, 0.717) is 11.4 Å². The van der Waals surface area contributed by atoms with Crippen LogP contribution in [-0.2, 0) is 14.4 Å². The summed E-state index contributed by atoms with van der Waals surface area (Å²) in [5.41, 5.74) is 2.26. The van der Waals surface area contributed by atoms with E-state index in [1.54, 1.807) is 0 Å². The third kappa shape index (κ3) is 4.34. The number of β-lactam (4-membered cyclic amide) rings is 1. The molecule has 0 bridgehead atoms. The Morgan fingerprint density at radius 1 is 0.919 bits per heavy atom. The summed E-state index contributed by atoms with van der Waals surface area (Å²) in [6.07, 6.45) is 17.2. The fourth-order valence-electron chi connectivity index (χ4n) is 7.42. The van der Waals surface area contributed by atoms with Gasteiger partial charge in [-0.15, -0.1) is 0 Å². The quantitative estimate of drug-likeness (QED) is 0.323. The zero-order chi connectivity index (χ0) is 25.7. The lowest BCUT2D eigenvalue weighted by molar-refractivity contribution is -0.169. The minimum Gasteiger partial charge on any atom is -0.332 e. The molecule has 1 heterocycles. The molecule has 4 aliphatic carbocycles. The number of allylic oxidation sites excluding steroid dienone is 4. The second-order valence-electron chi connectivity index (χ2n) is 11.5. The monoisotopic (exact) mass is 518 g/mol. The Kier molecular flexibility index (Phi) is 6.70. The van der Waals surface area contributed by atoms with Gasteiger partial charge in [-0.05, 0) is 50.3 Å². The van der Waals surface area contributed by atoms with Gasteiger partial charge in [0.15, 0.2) is 11.6 Å². The topological polar surface area (TPSA) is 66.5 Å². The van der Waals surface area contributed by atoms with E-state index >= 15 is 0 Å². The number of hydrogen-bond acceptors (Lipinski definition) is 4. The molecule has 1 amide bonds. The highest BCUT2D eigenvalue weighted by Crippen LogP contribution is 2.53. The number of nitrogens with one attached hydrogen (secondary N) is 1. The zero-order valence-electron chi connectivity index (χ0n) is 21.3. The van der Waals surface area contributed by atoms with Gasteiger partial charge in [0.25, 0.3) is 0 Å². The lowest BCUT2D eigenvalue weighted by atomic mass is 9.64. The molecule has 5 aliphatic rings. The molecule has 1 aliphatic heterocycles.